The van der Waals surface area contributed by atoms with Gasteiger partial charge in [0, 0.05) is 58.1 Å². The maximum atomic E-state index is 14.7. The Bertz CT molecular complexity index is 4040. The Hall–Kier alpha value is -13.2. The van der Waals surface area contributed by atoms with Crippen molar-refractivity contribution in [2.75, 3.05) is 97.4 Å². The molecule has 17 amide bonds. The molecule has 46 N–H and O–H groups in total. The van der Waals surface area contributed by atoms with Crippen molar-refractivity contribution in [3.8, 4) is 0 Å². The second-order valence-corrected chi connectivity index (χ2v) is 31.8. The second-order valence-electron chi connectivity index (χ2n) is 31.4. The van der Waals surface area contributed by atoms with Gasteiger partial charge in [0.2, 0.25) is 100 Å². The molecule has 2 aliphatic rings. The van der Waals surface area contributed by atoms with Gasteiger partial charge in [0.25, 0.3) is 0 Å². The van der Waals surface area contributed by atoms with Crippen molar-refractivity contribution in [3.63, 3.8) is 0 Å². The smallest absolute Gasteiger partial charge is 0.245 e. The number of hydrogen-bond donors (Lipinski definition) is 32. The highest BCUT2D eigenvalue weighted by Crippen LogP contribution is 2.23. The van der Waals surface area contributed by atoms with Crippen LogP contribution in [0.25, 0.3) is 0 Å². The molecule has 0 aromatic heterocycles. The first-order valence-corrected chi connectivity index (χ1v) is 44.2. The van der Waals surface area contributed by atoms with Gasteiger partial charge in [0.1, 0.15) is 72.5 Å². The summed E-state index contributed by atoms with van der Waals surface area (Å²) in [4.78, 5) is 261. The van der Waals surface area contributed by atoms with Crippen LogP contribution in [0.5, 0.6) is 0 Å². The van der Waals surface area contributed by atoms with E-state index in [0.717, 1.165) is 6.92 Å². The molecule has 15 atom stereocenters. The molecule has 0 radical (unpaired) electrons. The van der Waals surface area contributed by atoms with Crippen molar-refractivity contribution in [1.29, 1.82) is 0 Å². The van der Waals surface area contributed by atoms with Crippen LogP contribution in [-0.2, 0) is 81.5 Å². The van der Waals surface area contributed by atoms with Gasteiger partial charge in [-0.25, -0.2) is 0 Å². The van der Waals surface area contributed by atoms with E-state index in [2.05, 4.69) is 117 Å². The lowest BCUT2D eigenvalue weighted by Crippen LogP contribution is -2.59. The molecule has 0 unspecified atom stereocenters. The van der Waals surface area contributed by atoms with E-state index >= 15 is 0 Å². The first-order chi connectivity index (χ1) is 62.9. The lowest BCUT2D eigenvalue weighted by Gasteiger charge is -2.31. The number of aliphatic hydroxyl groups excluding tert-OH is 2. The van der Waals surface area contributed by atoms with E-state index in [4.69, 9.17) is 86.0 Å². The molecule has 0 bridgehead atoms. The number of nitrogens with one attached hydrogen (secondary N) is 14. The molecule has 0 spiro atoms. The van der Waals surface area contributed by atoms with Gasteiger partial charge in [0.05, 0.1) is 44.9 Å². The fraction of sp³-hybridized carbons (Fsp3) is 0.697. The first kappa shape index (κ1) is 116. The summed E-state index contributed by atoms with van der Waals surface area (Å²) in [6.45, 7) is 0.585. The molecule has 2 aliphatic heterocycles. The average molecular weight is 1910 g/mol. The molecule has 2 saturated heterocycles. The minimum atomic E-state index is -1.86. The van der Waals surface area contributed by atoms with Crippen molar-refractivity contribution in [1.82, 2.24) is 84.2 Å². The van der Waals surface area contributed by atoms with Crippen LogP contribution in [0.3, 0.4) is 0 Å². The quantitative estimate of drug-likeness (QED) is 0.0116. The number of carbonyl (C=O) groups is 17. The molecule has 2 heterocycles. The Morgan fingerprint density at radius 2 is 0.699 bits per heavy atom. The number of unbranched alkanes of at least 4 members (excludes halogenated alkanes) is 1. The van der Waals surface area contributed by atoms with E-state index in [1.54, 1.807) is 13.8 Å². The Balaban J connectivity index is 2.37. The third-order valence-corrected chi connectivity index (χ3v) is 21.1. The van der Waals surface area contributed by atoms with Crippen molar-refractivity contribution in [2.45, 2.75) is 234 Å². The molecule has 0 saturated carbocycles. The number of hydrogen-bond acceptors (Lipinski definition) is 28. The minimum Gasteiger partial charge on any atom is -0.394 e. The molecule has 2 fully saturated rings. The van der Waals surface area contributed by atoms with Gasteiger partial charge in [0.15, 0.2) is 35.8 Å². The summed E-state index contributed by atoms with van der Waals surface area (Å²) in [7, 11) is 0. The highest BCUT2D eigenvalue weighted by atomic mass is 32.1. The van der Waals surface area contributed by atoms with Crippen molar-refractivity contribution in [3.05, 3.63) is 0 Å². The maximum Gasteiger partial charge on any atom is 0.245 e. The maximum absolute atomic E-state index is 14.7. The van der Waals surface area contributed by atoms with E-state index in [1.807, 2.05) is 0 Å². The van der Waals surface area contributed by atoms with Crippen LogP contribution < -0.4 is 160 Å². The Morgan fingerprint density at radius 3 is 1.11 bits per heavy atom. The number of guanidine groups is 6. The van der Waals surface area contributed by atoms with Gasteiger partial charge in [-0.15, -0.1) is 0 Å². The summed E-state index contributed by atoms with van der Waals surface area (Å²) >= 11 is 3.95. The predicted octanol–water partition coefficient (Wildman–Crippen LogP) is -16.1. The van der Waals surface area contributed by atoms with E-state index in [1.165, 1.54) is 9.80 Å². The topological polar surface area (TPSA) is 970 Å². The normalized spacial score (nSPS) is 16.1. The van der Waals surface area contributed by atoms with Gasteiger partial charge in [-0.2, -0.15) is 12.6 Å². The highest BCUT2D eigenvalue weighted by Gasteiger charge is 2.43. The zero-order chi connectivity index (χ0) is 100.0. The van der Waals surface area contributed by atoms with Gasteiger partial charge in [-0.3, -0.25) is 111 Å². The summed E-state index contributed by atoms with van der Waals surface area (Å²) in [6, 6.07) is -18.0. The first-order valence-electron chi connectivity index (χ1n) is 43.6. The molecule has 57 heteroatoms. The van der Waals surface area contributed by atoms with Crippen LogP contribution in [-0.4, -0.2) is 338 Å². The lowest BCUT2D eigenvalue weighted by atomic mass is 9.96. The van der Waals surface area contributed by atoms with Crippen LogP contribution in [0.1, 0.15) is 149 Å². The van der Waals surface area contributed by atoms with E-state index in [-0.39, 0.29) is 210 Å². The number of nitrogens with two attached hydrogens (primary N) is 15. The summed E-state index contributed by atoms with van der Waals surface area (Å²) in [5.74, 6) is -17.6. The predicted molar refractivity (Wildman–Crippen MR) is 492 cm³/mol. The summed E-state index contributed by atoms with van der Waals surface area (Å²) < 4.78 is 0. The molecule has 133 heavy (non-hydrogen) atoms. The number of likely N-dealkylation sites (tertiary alicyclic amines) is 2. The van der Waals surface area contributed by atoms with Crippen molar-refractivity contribution >= 4 is 149 Å². The molecule has 56 nitrogen and oxygen atoms in total. The number of carbonyl (C=O) groups excluding carboxylic acids is 17. The summed E-state index contributed by atoms with van der Waals surface area (Å²) in [6.07, 6.45) is -0.263. The van der Waals surface area contributed by atoms with E-state index in [0.29, 0.717) is 19.3 Å². The largest absolute Gasteiger partial charge is 0.394 e. The summed E-state index contributed by atoms with van der Waals surface area (Å²) in [5, 5.41) is 55.5. The third kappa shape index (κ3) is 46.0. The standard InChI is InChI=1S/C76H141N37O19S/c1-4-39(2)56(68(130)104-42(58(79)120)16-7-25-92-71(80)81)111-65(127)47(20-11-29-96-75(88)89)105-64(126)46(19-10-28-95-74(86)87)103-53(117)34-98-60(122)43(15-5-6-24-77)102-52(116)33-99-62(124)45(18-9-27-94-73(84)85)107-69(131)57(40(3)115)110-54(118)35-100-61(123)44(17-8-26-93-72(82)83)106-67(129)51-23-14-32-113(51)70(132)48(21-12-30-97-76(90)91)108-66(128)50-22-13-31-112(50)55(119)36-101-63(125)49(37-114)109-59(121)41(78)38-133/h39-51,56-57,114-115,133H,4-38,77-78H2,1-3H3,(H2,79,120)(H,98,122)(H,99,124)(H,100,123)(H,101,125)(H,102,116)(H,103,117)(H,104,130)(H,105,126)(H,106,129)(H,107,131)(H,108,128)(H,109,121)(H,110,118)(H,111,127)(H4,80,81,92)(H4,82,83,93)(H4,84,85,94)(H4,86,87,95)(H4,88,89,96)(H4,90,91,97)/t39-,40+,41-,42-,43-,44-,45-,46-,47-,48-,49-,50+,51+,56-,57-/m0/s1. The van der Waals surface area contributed by atoms with E-state index in [9.17, 15) is 91.7 Å². The fourth-order valence-electron chi connectivity index (χ4n) is 13.5. The number of thiol groups is 1. The SMILES string of the molecule is CC[C@H](C)[C@H](NC(=O)[C@H](CCCN=C(N)N)NC(=O)[C@H](CCCN=C(N)N)NC(=O)CNC(=O)[C@H](CCCCN)NC(=O)CNC(=O)[C@H](CCCN=C(N)N)NC(=O)[C@@H](NC(=O)CNC(=O)[C@H](CCCN=C(N)N)NC(=O)[C@H]1CCCN1C(=O)[C@H](CCCN=C(N)N)NC(=O)[C@H]1CCCN1C(=O)CNC(=O)[C@H](CO)NC(=O)[C@@H](N)CS)[C@@H](C)O)C(=O)N[C@@H](CCCN=C(N)N)C(N)=O. The van der Waals surface area contributed by atoms with Crippen molar-refractivity contribution < 1.29 is 91.7 Å². The number of aliphatic imine (C=N–C) groups is 6. The number of amides is 17. The number of primary amides is 1. The summed E-state index contributed by atoms with van der Waals surface area (Å²) in [5.41, 5.74) is 83.3. The average Bonchev–Trinajstić information content (AvgIpc) is 1.75. The van der Waals surface area contributed by atoms with Crippen LogP contribution in [0.2, 0.25) is 0 Å². The zero-order valence-electron chi connectivity index (χ0n) is 75.4. The number of aliphatic hydroxyl groups is 2. The van der Waals surface area contributed by atoms with Crippen LogP contribution in [0.15, 0.2) is 30.0 Å². The molecular weight excluding hydrogens is 1770 g/mol. The number of rotatable bonds is 64. The number of nitrogens with zero attached hydrogens (tertiary/aromatic N) is 8. The second kappa shape index (κ2) is 63.0. The zero-order valence-corrected chi connectivity index (χ0v) is 76.3. The Labute approximate surface area is 774 Å². The Kier molecular flexibility index (Phi) is 54.9. The molecule has 0 aromatic rings. The molecule has 0 aromatic carbocycles. The fourth-order valence-corrected chi connectivity index (χ4v) is 13.6. The van der Waals surface area contributed by atoms with Crippen LogP contribution in [0.4, 0.5) is 0 Å². The lowest BCUT2D eigenvalue weighted by molar-refractivity contribution is -0.144. The van der Waals surface area contributed by atoms with Crippen molar-refractivity contribution in [2.24, 2.45) is 122 Å². The van der Waals surface area contributed by atoms with Crippen LogP contribution in [0, 0.1) is 5.92 Å². The minimum absolute atomic E-state index is 0.00115. The van der Waals surface area contributed by atoms with E-state index < -0.39 is 224 Å². The molecule has 750 valence electrons. The third-order valence-electron chi connectivity index (χ3n) is 20.7. The molecule has 0 aliphatic carbocycles. The van der Waals surface area contributed by atoms with Gasteiger partial charge >= 0.3 is 0 Å². The molecular formula is C76H141N37O19S. The van der Waals surface area contributed by atoms with Gasteiger partial charge in [-0.05, 0) is 141 Å². The van der Waals surface area contributed by atoms with Crippen LogP contribution >= 0.6 is 12.6 Å². The Morgan fingerprint density at radius 1 is 0.376 bits per heavy atom. The highest BCUT2D eigenvalue weighted by molar-refractivity contribution is 7.80. The monoisotopic (exact) mass is 1910 g/mol. The molecule has 2 rings (SSSR count). The van der Waals surface area contributed by atoms with Gasteiger partial charge in [-0.1, -0.05) is 20.3 Å². The van der Waals surface area contributed by atoms with Gasteiger partial charge < -0.3 is 180 Å².